The summed E-state index contributed by atoms with van der Waals surface area (Å²) in [4.78, 5) is 4.36. The molecule has 35 heavy (non-hydrogen) atoms. The van der Waals surface area contributed by atoms with Crippen LogP contribution in [0.15, 0.2) is 56.4 Å². The Morgan fingerprint density at radius 3 is 2.29 bits per heavy atom. The number of nitrogens with zero attached hydrogens (tertiary/aromatic N) is 3. The van der Waals surface area contributed by atoms with Crippen LogP contribution in [0.3, 0.4) is 0 Å². The van der Waals surface area contributed by atoms with E-state index in [1.165, 1.54) is 12.1 Å². The maximum atomic E-state index is 12.4. The molecule has 0 atom stereocenters. The molecule has 0 aliphatic heterocycles. The molecule has 0 aliphatic carbocycles. The largest absolute Gasteiger partial charge is 0.493 e. The highest BCUT2D eigenvalue weighted by Gasteiger charge is 2.18. The average molecular weight is 498 g/mol. The topological polar surface area (TPSA) is 118 Å². The molecular formula is C25H27N3O6S. The first-order valence-corrected chi connectivity index (χ1v) is 12.6. The molecule has 4 rings (SSSR count). The van der Waals surface area contributed by atoms with Crippen LogP contribution in [0.25, 0.3) is 11.4 Å². The van der Waals surface area contributed by atoms with Crippen molar-refractivity contribution in [3.05, 3.63) is 76.5 Å². The van der Waals surface area contributed by atoms with Gasteiger partial charge in [-0.3, -0.25) is 4.18 Å². The van der Waals surface area contributed by atoms with E-state index in [1.807, 2.05) is 45.9 Å². The van der Waals surface area contributed by atoms with E-state index in [2.05, 4.69) is 15.3 Å². The van der Waals surface area contributed by atoms with Gasteiger partial charge in [0.1, 0.15) is 18.1 Å². The Kier molecular flexibility index (Phi) is 7.32. The summed E-state index contributed by atoms with van der Waals surface area (Å²) in [6.45, 7) is 7.85. The van der Waals surface area contributed by atoms with Crippen molar-refractivity contribution < 1.29 is 26.4 Å². The minimum Gasteiger partial charge on any atom is -0.493 e. The van der Waals surface area contributed by atoms with Crippen LogP contribution in [0.4, 0.5) is 0 Å². The summed E-state index contributed by atoms with van der Waals surface area (Å²) in [5.41, 5.74) is 4.42. The number of aryl methyl sites for hydroxylation is 5. The molecule has 0 amide bonds. The van der Waals surface area contributed by atoms with Gasteiger partial charge in [0.25, 0.3) is 16.0 Å². The molecule has 2 aromatic carbocycles. The Hall–Kier alpha value is -3.50. The zero-order chi connectivity index (χ0) is 25.0. The zero-order valence-electron chi connectivity index (χ0n) is 20.1. The van der Waals surface area contributed by atoms with E-state index in [1.54, 1.807) is 12.1 Å². The molecule has 0 spiro atoms. The van der Waals surface area contributed by atoms with Crippen molar-refractivity contribution in [2.45, 2.75) is 52.0 Å². The third-order valence-corrected chi connectivity index (χ3v) is 6.60. The van der Waals surface area contributed by atoms with Gasteiger partial charge in [-0.2, -0.15) is 13.4 Å². The molecule has 2 heterocycles. The summed E-state index contributed by atoms with van der Waals surface area (Å²) in [7, 11) is -3.93. The quantitative estimate of drug-likeness (QED) is 0.223. The third-order valence-electron chi connectivity index (χ3n) is 5.32. The molecule has 0 unspecified atom stereocenters. The van der Waals surface area contributed by atoms with Gasteiger partial charge in [0.2, 0.25) is 5.82 Å². The summed E-state index contributed by atoms with van der Waals surface area (Å²) < 4.78 is 46.3. The van der Waals surface area contributed by atoms with Gasteiger partial charge in [-0.1, -0.05) is 28.0 Å². The first-order valence-electron chi connectivity index (χ1n) is 11.2. The lowest BCUT2D eigenvalue weighted by Crippen LogP contribution is -2.06. The van der Waals surface area contributed by atoms with E-state index >= 15 is 0 Å². The molecule has 0 N–H and O–H groups in total. The maximum absolute atomic E-state index is 12.4. The van der Waals surface area contributed by atoms with Crippen molar-refractivity contribution in [1.29, 1.82) is 0 Å². The molecular weight excluding hydrogens is 470 g/mol. The van der Waals surface area contributed by atoms with Crippen LogP contribution in [0.1, 0.15) is 40.5 Å². The first-order chi connectivity index (χ1) is 16.7. The third kappa shape index (κ3) is 6.14. The molecule has 0 bridgehead atoms. The number of benzene rings is 2. The highest BCUT2D eigenvalue weighted by molar-refractivity contribution is 7.86. The predicted octanol–water partition coefficient (Wildman–Crippen LogP) is 4.88. The number of aromatic nitrogens is 3. The van der Waals surface area contributed by atoms with Crippen LogP contribution in [0, 0.1) is 27.7 Å². The van der Waals surface area contributed by atoms with Crippen molar-refractivity contribution in [3.8, 4) is 17.1 Å². The molecule has 0 saturated heterocycles. The van der Waals surface area contributed by atoms with E-state index in [9.17, 15) is 8.42 Å². The van der Waals surface area contributed by atoms with Crippen molar-refractivity contribution in [2.75, 3.05) is 6.61 Å². The Labute approximate surface area is 204 Å². The first kappa shape index (κ1) is 24.6. The normalized spacial score (nSPS) is 11.7. The predicted molar refractivity (Wildman–Crippen MR) is 127 cm³/mol. The van der Waals surface area contributed by atoms with Crippen molar-refractivity contribution in [2.24, 2.45) is 0 Å². The van der Waals surface area contributed by atoms with Crippen LogP contribution >= 0.6 is 0 Å². The summed E-state index contributed by atoms with van der Waals surface area (Å²) in [6.07, 6.45) is 1.55. The molecule has 4 aromatic rings. The number of hydrogen-bond donors (Lipinski definition) is 0. The van der Waals surface area contributed by atoms with Gasteiger partial charge in [0, 0.05) is 18.1 Å². The maximum Gasteiger partial charge on any atom is 0.297 e. The fraction of sp³-hybridized carbons (Fsp3) is 0.320. The molecule has 10 heteroatoms. The highest BCUT2D eigenvalue weighted by atomic mass is 32.2. The molecule has 0 saturated carbocycles. The van der Waals surface area contributed by atoms with Crippen LogP contribution in [0.2, 0.25) is 0 Å². The highest BCUT2D eigenvalue weighted by Crippen LogP contribution is 2.29. The Morgan fingerprint density at radius 1 is 0.914 bits per heavy atom. The van der Waals surface area contributed by atoms with Gasteiger partial charge >= 0.3 is 0 Å². The van der Waals surface area contributed by atoms with Crippen LogP contribution in [-0.4, -0.2) is 30.3 Å². The molecule has 2 aromatic heterocycles. The SMILES string of the molecule is Cc1ccc(S(=O)(=O)OCc2nc(-c3cc(C)c(OCCCc4cc(C)no4)c(C)c3)no2)cc1. The average Bonchev–Trinajstić information content (AvgIpc) is 3.46. The van der Waals surface area contributed by atoms with Gasteiger partial charge in [-0.05, 0) is 69.5 Å². The van der Waals surface area contributed by atoms with Gasteiger partial charge in [-0.15, -0.1) is 0 Å². The Balaban J connectivity index is 1.37. The van der Waals surface area contributed by atoms with Gasteiger partial charge < -0.3 is 13.8 Å². The molecule has 9 nitrogen and oxygen atoms in total. The number of ether oxygens (including phenoxy) is 1. The van der Waals surface area contributed by atoms with E-state index in [0.717, 1.165) is 52.3 Å². The summed E-state index contributed by atoms with van der Waals surface area (Å²) in [5.74, 6) is 2.06. The van der Waals surface area contributed by atoms with Crippen LogP contribution in [0.5, 0.6) is 5.75 Å². The van der Waals surface area contributed by atoms with E-state index in [0.29, 0.717) is 12.4 Å². The van der Waals surface area contributed by atoms with E-state index in [4.69, 9.17) is 18.0 Å². The van der Waals surface area contributed by atoms with Gasteiger partial charge in [0.05, 0.1) is 17.2 Å². The lowest BCUT2D eigenvalue weighted by Gasteiger charge is -2.13. The van der Waals surface area contributed by atoms with Crippen molar-refractivity contribution in [3.63, 3.8) is 0 Å². The Bertz CT molecular complexity index is 1380. The lowest BCUT2D eigenvalue weighted by atomic mass is 10.1. The molecule has 0 fully saturated rings. The minimum atomic E-state index is -3.93. The van der Waals surface area contributed by atoms with Crippen LogP contribution in [-0.2, 0) is 27.3 Å². The monoisotopic (exact) mass is 497 g/mol. The van der Waals surface area contributed by atoms with Crippen molar-refractivity contribution >= 4 is 10.1 Å². The second-order valence-electron chi connectivity index (χ2n) is 8.37. The summed E-state index contributed by atoms with van der Waals surface area (Å²) in [6, 6.07) is 12.1. The van der Waals surface area contributed by atoms with Crippen LogP contribution < -0.4 is 4.74 Å². The summed E-state index contributed by atoms with van der Waals surface area (Å²) >= 11 is 0. The second-order valence-corrected chi connectivity index (χ2v) is 9.98. The standard InChI is InChI=1S/C25H27N3O6S/c1-16-7-9-22(10-8-16)35(29,30)32-15-23-26-25(28-34-23)20-12-17(2)24(18(3)13-20)31-11-5-6-21-14-19(4)27-33-21/h7-10,12-14H,5-6,11,15H2,1-4H3. The fourth-order valence-electron chi connectivity index (χ4n) is 3.59. The van der Waals surface area contributed by atoms with Crippen molar-refractivity contribution in [1.82, 2.24) is 15.3 Å². The smallest absolute Gasteiger partial charge is 0.297 e. The second kappa shape index (κ2) is 10.4. The van der Waals surface area contributed by atoms with E-state index in [-0.39, 0.29) is 17.4 Å². The van der Waals surface area contributed by atoms with Gasteiger partial charge in [0.15, 0.2) is 0 Å². The molecule has 184 valence electrons. The lowest BCUT2D eigenvalue weighted by molar-refractivity contribution is 0.247. The van der Waals surface area contributed by atoms with E-state index < -0.39 is 10.1 Å². The molecule has 0 radical (unpaired) electrons. The molecule has 0 aliphatic rings. The number of hydrogen-bond acceptors (Lipinski definition) is 9. The zero-order valence-corrected chi connectivity index (χ0v) is 20.9. The van der Waals surface area contributed by atoms with Gasteiger partial charge in [-0.25, -0.2) is 0 Å². The summed E-state index contributed by atoms with van der Waals surface area (Å²) in [5, 5.41) is 7.87. The Morgan fingerprint density at radius 2 is 1.63 bits per heavy atom. The minimum absolute atomic E-state index is 0.0639. The fourth-order valence-corrected chi connectivity index (χ4v) is 4.45. The number of rotatable bonds is 10.